The van der Waals surface area contributed by atoms with Crippen LogP contribution in [-0.4, -0.2) is 30.6 Å². The molecular formula is C14H17NO2S2. The fourth-order valence-corrected chi connectivity index (χ4v) is 4.63. The highest BCUT2D eigenvalue weighted by atomic mass is 32.2. The number of rotatable bonds is 6. The Morgan fingerprint density at radius 3 is 2.89 bits per heavy atom. The monoisotopic (exact) mass is 295 g/mol. The number of nitrogens with one attached hydrogen (secondary N) is 1. The second-order valence-corrected chi connectivity index (χ2v) is 6.72. The number of amides is 1. The summed E-state index contributed by atoms with van der Waals surface area (Å²) in [5.74, 6) is 3.03. The van der Waals surface area contributed by atoms with Crippen LogP contribution >= 0.6 is 23.5 Å². The van der Waals surface area contributed by atoms with E-state index in [9.17, 15) is 4.79 Å². The van der Waals surface area contributed by atoms with E-state index in [1.807, 2.05) is 41.7 Å². The highest BCUT2D eigenvalue weighted by molar-refractivity contribution is 8.19. The van der Waals surface area contributed by atoms with Crippen LogP contribution in [0.25, 0.3) is 0 Å². The minimum atomic E-state index is -0.124. The van der Waals surface area contributed by atoms with Crippen LogP contribution in [0.2, 0.25) is 0 Å². The van der Waals surface area contributed by atoms with Gasteiger partial charge in [0.1, 0.15) is 5.75 Å². The zero-order valence-electron chi connectivity index (χ0n) is 10.6. The Kier molecular flexibility index (Phi) is 5.66. The van der Waals surface area contributed by atoms with Crippen LogP contribution < -0.4 is 10.1 Å². The second kappa shape index (κ2) is 7.50. The van der Waals surface area contributed by atoms with Gasteiger partial charge < -0.3 is 10.1 Å². The molecule has 1 aromatic rings. The van der Waals surface area contributed by atoms with Crippen LogP contribution in [0.4, 0.5) is 0 Å². The lowest BCUT2D eigenvalue weighted by molar-refractivity contribution is -0.122. The molecule has 0 radical (unpaired) electrons. The lowest BCUT2D eigenvalue weighted by Crippen LogP contribution is -2.28. The van der Waals surface area contributed by atoms with Crippen molar-refractivity contribution in [2.45, 2.75) is 4.58 Å². The Balaban J connectivity index is 1.95. The Morgan fingerprint density at radius 2 is 2.16 bits per heavy atom. The maximum absolute atomic E-state index is 11.5. The molecule has 0 aliphatic carbocycles. The Hall–Kier alpha value is -1.07. The number of hydrogen-bond donors (Lipinski definition) is 1. The molecule has 1 aromatic carbocycles. The van der Waals surface area contributed by atoms with Gasteiger partial charge in [-0.25, -0.2) is 0 Å². The molecule has 1 aliphatic rings. The van der Waals surface area contributed by atoms with Gasteiger partial charge in [-0.15, -0.1) is 30.1 Å². The van der Waals surface area contributed by atoms with Crippen LogP contribution in [0.5, 0.6) is 5.75 Å². The summed E-state index contributed by atoms with van der Waals surface area (Å²) < 4.78 is 6.06. The summed E-state index contributed by atoms with van der Waals surface area (Å²) in [5, 5.41) is 2.70. The minimum Gasteiger partial charge on any atom is -0.483 e. The lowest BCUT2D eigenvalue weighted by atomic mass is 10.2. The zero-order valence-corrected chi connectivity index (χ0v) is 12.3. The van der Waals surface area contributed by atoms with Crippen molar-refractivity contribution in [1.29, 1.82) is 0 Å². The van der Waals surface area contributed by atoms with E-state index < -0.39 is 0 Å². The average molecular weight is 295 g/mol. The maximum Gasteiger partial charge on any atom is 0.258 e. The average Bonchev–Trinajstić information content (AvgIpc) is 2.97. The van der Waals surface area contributed by atoms with E-state index in [1.54, 1.807) is 6.08 Å². The topological polar surface area (TPSA) is 38.3 Å². The number of para-hydroxylation sites is 1. The summed E-state index contributed by atoms with van der Waals surface area (Å²) in [6.07, 6.45) is 1.65. The molecule has 0 unspecified atom stereocenters. The number of ether oxygens (including phenoxy) is 1. The van der Waals surface area contributed by atoms with Gasteiger partial charge in [-0.05, 0) is 6.07 Å². The molecule has 0 spiro atoms. The molecule has 102 valence electrons. The quantitative estimate of drug-likeness (QED) is 0.819. The van der Waals surface area contributed by atoms with Crippen molar-refractivity contribution in [3.8, 4) is 5.75 Å². The molecule has 1 fully saturated rings. The standard InChI is InChI=1S/C14H17NO2S2/c1-2-7-15-13(16)10-17-12-6-4-3-5-11(12)14-18-8-9-19-14/h2-6,14H,1,7-10H2,(H,15,16). The van der Waals surface area contributed by atoms with Crippen LogP contribution in [0, 0.1) is 0 Å². The number of hydrogen-bond acceptors (Lipinski definition) is 4. The van der Waals surface area contributed by atoms with E-state index in [0.29, 0.717) is 11.1 Å². The SMILES string of the molecule is C=CCNC(=O)COc1ccccc1C1SCCS1. The molecule has 1 amide bonds. The van der Waals surface area contributed by atoms with Crippen molar-refractivity contribution in [1.82, 2.24) is 5.32 Å². The first-order chi connectivity index (χ1) is 9.31. The summed E-state index contributed by atoms with van der Waals surface area (Å²) in [6.45, 7) is 4.08. The molecule has 0 aromatic heterocycles. The molecule has 1 saturated heterocycles. The minimum absolute atomic E-state index is 0.0485. The van der Waals surface area contributed by atoms with Gasteiger partial charge in [0, 0.05) is 23.6 Å². The van der Waals surface area contributed by atoms with Crippen molar-refractivity contribution >= 4 is 29.4 Å². The Labute approximate surface area is 122 Å². The van der Waals surface area contributed by atoms with Gasteiger partial charge >= 0.3 is 0 Å². The number of thioether (sulfide) groups is 2. The first kappa shape index (κ1) is 14.3. The predicted molar refractivity (Wildman–Crippen MR) is 82.8 cm³/mol. The first-order valence-corrected chi connectivity index (χ1v) is 8.23. The Morgan fingerprint density at radius 1 is 1.42 bits per heavy atom. The summed E-state index contributed by atoms with van der Waals surface area (Å²) in [6, 6.07) is 7.95. The molecule has 5 heteroatoms. The third-order valence-corrected chi connectivity index (χ3v) is 5.66. The number of carbonyl (C=O) groups excluding carboxylic acids is 1. The predicted octanol–water partition coefficient (Wildman–Crippen LogP) is 2.85. The van der Waals surface area contributed by atoms with Crippen LogP contribution in [0.1, 0.15) is 10.1 Å². The van der Waals surface area contributed by atoms with Crippen LogP contribution in [0.15, 0.2) is 36.9 Å². The molecule has 0 atom stereocenters. The number of benzene rings is 1. The second-order valence-electron chi connectivity index (χ2n) is 3.99. The van der Waals surface area contributed by atoms with Gasteiger partial charge in [-0.1, -0.05) is 24.3 Å². The van der Waals surface area contributed by atoms with Gasteiger partial charge in [0.25, 0.3) is 5.91 Å². The molecular weight excluding hydrogens is 278 g/mol. The van der Waals surface area contributed by atoms with E-state index in [-0.39, 0.29) is 12.5 Å². The summed E-state index contributed by atoms with van der Waals surface area (Å²) in [5.41, 5.74) is 1.17. The molecule has 2 rings (SSSR count). The van der Waals surface area contributed by atoms with Crippen LogP contribution in [0.3, 0.4) is 0 Å². The summed E-state index contributed by atoms with van der Waals surface area (Å²) >= 11 is 3.85. The van der Waals surface area contributed by atoms with Crippen molar-refractivity contribution in [3.05, 3.63) is 42.5 Å². The van der Waals surface area contributed by atoms with Gasteiger partial charge in [0.15, 0.2) is 6.61 Å². The fraction of sp³-hybridized carbons (Fsp3) is 0.357. The molecule has 19 heavy (non-hydrogen) atoms. The van der Waals surface area contributed by atoms with Crippen molar-refractivity contribution in [2.24, 2.45) is 0 Å². The van der Waals surface area contributed by atoms with E-state index in [0.717, 1.165) is 5.75 Å². The fourth-order valence-electron chi connectivity index (χ4n) is 1.73. The molecule has 3 nitrogen and oxygen atoms in total. The van der Waals surface area contributed by atoms with Gasteiger partial charge in [0.2, 0.25) is 0 Å². The zero-order chi connectivity index (χ0) is 13.5. The highest BCUT2D eigenvalue weighted by Gasteiger charge is 2.21. The number of carbonyl (C=O) groups is 1. The highest BCUT2D eigenvalue weighted by Crippen LogP contribution is 2.48. The van der Waals surface area contributed by atoms with Crippen LogP contribution in [-0.2, 0) is 4.79 Å². The molecule has 1 aliphatic heterocycles. The third kappa shape index (κ3) is 4.21. The van der Waals surface area contributed by atoms with E-state index in [1.165, 1.54) is 17.1 Å². The molecule has 0 bridgehead atoms. The smallest absolute Gasteiger partial charge is 0.258 e. The lowest BCUT2D eigenvalue weighted by Gasteiger charge is -2.14. The van der Waals surface area contributed by atoms with Crippen molar-refractivity contribution < 1.29 is 9.53 Å². The molecule has 1 heterocycles. The molecule has 1 N–H and O–H groups in total. The van der Waals surface area contributed by atoms with Crippen molar-refractivity contribution in [2.75, 3.05) is 24.7 Å². The first-order valence-electron chi connectivity index (χ1n) is 6.14. The van der Waals surface area contributed by atoms with E-state index in [4.69, 9.17) is 4.74 Å². The third-order valence-electron chi connectivity index (χ3n) is 2.60. The maximum atomic E-state index is 11.5. The van der Waals surface area contributed by atoms with Crippen molar-refractivity contribution in [3.63, 3.8) is 0 Å². The normalized spacial score (nSPS) is 15.2. The van der Waals surface area contributed by atoms with Gasteiger partial charge in [-0.3, -0.25) is 4.79 Å². The van der Waals surface area contributed by atoms with Gasteiger partial charge in [0.05, 0.1) is 4.58 Å². The molecule has 0 saturated carbocycles. The van der Waals surface area contributed by atoms with E-state index in [2.05, 4.69) is 18.0 Å². The Bertz CT molecular complexity index is 445. The van der Waals surface area contributed by atoms with E-state index >= 15 is 0 Å². The summed E-state index contributed by atoms with van der Waals surface area (Å²) in [7, 11) is 0. The summed E-state index contributed by atoms with van der Waals surface area (Å²) in [4.78, 5) is 11.5. The van der Waals surface area contributed by atoms with Gasteiger partial charge in [-0.2, -0.15) is 0 Å². The largest absolute Gasteiger partial charge is 0.483 e.